The van der Waals surface area contributed by atoms with Gasteiger partial charge in [-0.3, -0.25) is 9.69 Å². The van der Waals surface area contributed by atoms with Crippen LogP contribution in [0.5, 0.6) is 5.75 Å². The summed E-state index contributed by atoms with van der Waals surface area (Å²) < 4.78 is 16.6. The Balaban J connectivity index is 1.46. The van der Waals surface area contributed by atoms with Gasteiger partial charge < -0.3 is 19.5 Å². The van der Waals surface area contributed by atoms with E-state index in [1.54, 1.807) is 7.11 Å². The molecule has 2 fully saturated rings. The summed E-state index contributed by atoms with van der Waals surface area (Å²) in [5.41, 5.74) is 0.986. The van der Waals surface area contributed by atoms with E-state index in [1.807, 2.05) is 31.2 Å². The molecule has 138 valence electrons. The summed E-state index contributed by atoms with van der Waals surface area (Å²) in [7, 11) is 1.64. The summed E-state index contributed by atoms with van der Waals surface area (Å²) >= 11 is 0. The van der Waals surface area contributed by atoms with Crippen molar-refractivity contribution in [3.63, 3.8) is 0 Å². The molecule has 0 aromatic heterocycles. The first-order valence-corrected chi connectivity index (χ1v) is 9.06. The van der Waals surface area contributed by atoms with E-state index in [-0.39, 0.29) is 18.2 Å². The van der Waals surface area contributed by atoms with E-state index in [4.69, 9.17) is 14.2 Å². The van der Waals surface area contributed by atoms with E-state index in [1.165, 1.54) is 0 Å². The summed E-state index contributed by atoms with van der Waals surface area (Å²) in [6.45, 7) is 5.65. The molecule has 2 heterocycles. The topological polar surface area (TPSA) is 60.0 Å². The quantitative estimate of drug-likeness (QED) is 0.849. The van der Waals surface area contributed by atoms with Crippen LogP contribution in [-0.4, -0.2) is 56.6 Å². The van der Waals surface area contributed by atoms with Crippen molar-refractivity contribution in [3.05, 3.63) is 29.8 Å². The molecule has 1 aromatic rings. The van der Waals surface area contributed by atoms with Crippen LogP contribution in [-0.2, 0) is 20.8 Å². The molecule has 0 saturated carbocycles. The van der Waals surface area contributed by atoms with Crippen molar-refractivity contribution in [2.75, 3.05) is 33.4 Å². The molecule has 2 aliphatic rings. The summed E-state index contributed by atoms with van der Waals surface area (Å²) in [5.74, 6) is 1.30. The highest BCUT2D eigenvalue weighted by Gasteiger charge is 2.33. The second-order valence-electron chi connectivity index (χ2n) is 6.69. The van der Waals surface area contributed by atoms with E-state index in [0.717, 1.165) is 37.2 Å². The Bertz CT molecular complexity index is 566. The highest BCUT2D eigenvalue weighted by Crippen LogP contribution is 2.26. The smallest absolute Gasteiger partial charge is 0.237 e. The van der Waals surface area contributed by atoms with Crippen molar-refractivity contribution in [2.24, 2.45) is 5.92 Å². The van der Waals surface area contributed by atoms with Gasteiger partial charge in [-0.1, -0.05) is 18.2 Å². The Morgan fingerprint density at radius 3 is 2.64 bits per heavy atom. The van der Waals surface area contributed by atoms with Gasteiger partial charge in [0, 0.05) is 18.0 Å². The second-order valence-corrected chi connectivity index (χ2v) is 6.69. The third kappa shape index (κ3) is 4.51. The van der Waals surface area contributed by atoms with Crippen molar-refractivity contribution in [1.82, 2.24) is 10.2 Å². The number of carbonyl (C=O) groups is 1. The van der Waals surface area contributed by atoms with Crippen LogP contribution in [0.1, 0.15) is 25.3 Å². The van der Waals surface area contributed by atoms with E-state index in [9.17, 15) is 4.79 Å². The van der Waals surface area contributed by atoms with Crippen molar-refractivity contribution in [3.8, 4) is 5.75 Å². The predicted octanol–water partition coefficient (Wildman–Crippen LogP) is 1.78. The molecule has 1 aromatic carbocycles. The molecule has 6 nitrogen and oxygen atoms in total. The summed E-state index contributed by atoms with van der Waals surface area (Å²) in [6, 6.07) is 7.61. The zero-order valence-corrected chi connectivity index (χ0v) is 15.1. The van der Waals surface area contributed by atoms with Gasteiger partial charge in [0.25, 0.3) is 0 Å². The molecule has 3 rings (SSSR count). The number of ether oxygens (including phenoxy) is 3. The Kier molecular flexibility index (Phi) is 6.29. The average molecular weight is 348 g/mol. The molecule has 0 radical (unpaired) electrons. The van der Waals surface area contributed by atoms with Gasteiger partial charge in [0.15, 0.2) is 6.29 Å². The van der Waals surface area contributed by atoms with E-state index in [2.05, 4.69) is 10.2 Å². The molecule has 25 heavy (non-hydrogen) atoms. The number of benzene rings is 1. The number of nitrogens with zero attached hydrogens (tertiary/aromatic N) is 1. The second kappa shape index (κ2) is 8.65. The number of rotatable bonds is 6. The lowest BCUT2D eigenvalue weighted by molar-refractivity contribution is -0.128. The van der Waals surface area contributed by atoms with Gasteiger partial charge in [0.1, 0.15) is 5.75 Å². The maximum absolute atomic E-state index is 12.5. The highest BCUT2D eigenvalue weighted by molar-refractivity contribution is 5.81. The van der Waals surface area contributed by atoms with E-state index >= 15 is 0 Å². The molecular weight excluding hydrogens is 320 g/mol. The number of hydrogen-bond donors (Lipinski definition) is 1. The number of para-hydroxylation sites is 1. The summed E-state index contributed by atoms with van der Waals surface area (Å²) in [5, 5.41) is 3.03. The molecule has 2 saturated heterocycles. The highest BCUT2D eigenvalue weighted by atomic mass is 16.7. The maximum atomic E-state index is 12.5. The zero-order chi connectivity index (χ0) is 17.6. The minimum atomic E-state index is -0.138. The number of nitrogens with one attached hydrogen (secondary N) is 1. The third-order valence-corrected chi connectivity index (χ3v) is 5.18. The number of carbonyl (C=O) groups excluding carboxylic acids is 1. The van der Waals surface area contributed by atoms with Gasteiger partial charge in [0.05, 0.1) is 26.4 Å². The van der Waals surface area contributed by atoms with Gasteiger partial charge in [-0.2, -0.15) is 0 Å². The van der Waals surface area contributed by atoms with Crippen molar-refractivity contribution < 1.29 is 19.0 Å². The number of piperidine rings is 1. The standard InChI is InChI=1S/C19H28N2O4/c1-14(18(22)20-13-16-5-3-4-6-17(16)23-2)21-9-7-15(8-10-21)19-24-11-12-25-19/h3-6,14-15,19H,7-13H2,1-2H3,(H,20,22). The van der Waals surface area contributed by atoms with Gasteiger partial charge in [-0.05, 0) is 38.9 Å². The minimum absolute atomic E-state index is 0.0446. The number of methoxy groups -OCH3 is 1. The Morgan fingerprint density at radius 2 is 1.96 bits per heavy atom. The Morgan fingerprint density at radius 1 is 1.28 bits per heavy atom. The maximum Gasteiger partial charge on any atom is 0.237 e. The van der Waals surface area contributed by atoms with Crippen LogP contribution < -0.4 is 10.1 Å². The van der Waals surface area contributed by atoms with Crippen molar-refractivity contribution in [1.29, 1.82) is 0 Å². The lowest BCUT2D eigenvalue weighted by Gasteiger charge is -2.36. The van der Waals surface area contributed by atoms with E-state index in [0.29, 0.717) is 25.7 Å². The normalized spacial score (nSPS) is 21.2. The van der Waals surface area contributed by atoms with Crippen LogP contribution in [0.15, 0.2) is 24.3 Å². The first-order valence-electron chi connectivity index (χ1n) is 9.06. The fourth-order valence-electron chi connectivity index (χ4n) is 3.57. The van der Waals surface area contributed by atoms with Crippen molar-refractivity contribution >= 4 is 5.91 Å². The fraction of sp³-hybridized carbons (Fsp3) is 0.632. The molecule has 2 aliphatic heterocycles. The fourth-order valence-corrected chi connectivity index (χ4v) is 3.57. The molecule has 0 aliphatic carbocycles. The molecule has 0 spiro atoms. The monoisotopic (exact) mass is 348 g/mol. The number of likely N-dealkylation sites (tertiary alicyclic amines) is 1. The number of amides is 1. The van der Waals surface area contributed by atoms with Crippen molar-refractivity contribution in [2.45, 2.75) is 38.6 Å². The number of hydrogen-bond acceptors (Lipinski definition) is 5. The first kappa shape index (κ1) is 18.2. The minimum Gasteiger partial charge on any atom is -0.496 e. The van der Waals surface area contributed by atoms with E-state index < -0.39 is 0 Å². The lowest BCUT2D eigenvalue weighted by atomic mass is 9.95. The van der Waals surface area contributed by atoms with Gasteiger partial charge in [-0.15, -0.1) is 0 Å². The zero-order valence-electron chi connectivity index (χ0n) is 15.1. The van der Waals surface area contributed by atoms with Gasteiger partial charge >= 0.3 is 0 Å². The molecule has 1 N–H and O–H groups in total. The van der Waals surface area contributed by atoms with Crippen LogP contribution in [0.2, 0.25) is 0 Å². The van der Waals surface area contributed by atoms with Crippen LogP contribution in [0.4, 0.5) is 0 Å². The van der Waals surface area contributed by atoms with Crippen LogP contribution in [0.3, 0.4) is 0 Å². The van der Waals surface area contributed by atoms with Crippen LogP contribution in [0.25, 0.3) is 0 Å². The molecule has 6 heteroatoms. The largest absolute Gasteiger partial charge is 0.496 e. The lowest BCUT2D eigenvalue weighted by Crippen LogP contribution is -2.49. The van der Waals surface area contributed by atoms with Gasteiger partial charge in [-0.25, -0.2) is 0 Å². The Labute approximate surface area is 149 Å². The van der Waals surface area contributed by atoms with Crippen LogP contribution in [0, 0.1) is 5.92 Å². The third-order valence-electron chi connectivity index (χ3n) is 5.18. The molecular formula is C19H28N2O4. The van der Waals surface area contributed by atoms with Crippen LogP contribution >= 0.6 is 0 Å². The first-order chi connectivity index (χ1) is 12.2. The predicted molar refractivity (Wildman–Crippen MR) is 94.3 cm³/mol. The SMILES string of the molecule is COc1ccccc1CNC(=O)C(C)N1CCC(C2OCCO2)CC1. The molecule has 1 unspecified atom stereocenters. The van der Waals surface area contributed by atoms with Gasteiger partial charge in [0.2, 0.25) is 5.91 Å². The Hall–Kier alpha value is -1.63. The molecule has 1 amide bonds. The summed E-state index contributed by atoms with van der Waals surface area (Å²) in [4.78, 5) is 14.7. The average Bonchev–Trinajstić information content (AvgIpc) is 3.20. The summed E-state index contributed by atoms with van der Waals surface area (Å²) in [6.07, 6.45) is 1.97. The molecule has 1 atom stereocenters. The molecule has 0 bridgehead atoms.